The third-order valence-electron chi connectivity index (χ3n) is 4.83. The van der Waals surface area contributed by atoms with Crippen molar-refractivity contribution in [2.45, 2.75) is 23.8 Å². The third-order valence-corrected chi connectivity index (χ3v) is 6.67. The van der Waals surface area contributed by atoms with Gasteiger partial charge in [0.05, 0.1) is 4.90 Å². The number of nitrogens with zero attached hydrogens (tertiary/aromatic N) is 2. The van der Waals surface area contributed by atoms with Crippen molar-refractivity contribution in [2.75, 3.05) is 13.1 Å². The Balaban J connectivity index is 1.70. The minimum absolute atomic E-state index is 0.0107. The maximum absolute atomic E-state index is 12.9. The van der Waals surface area contributed by atoms with Crippen molar-refractivity contribution >= 4 is 10.0 Å². The molecule has 6 heteroatoms. The molecule has 2 aliphatic heterocycles. The smallest absolute Gasteiger partial charge is 0.250 e. The van der Waals surface area contributed by atoms with Crippen molar-refractivity contribution in [3.05, 3.63) is 64.6 Å². The summed E-state index contributed by atoms with van der Waals surface area (Å²) in [6.45, 7) is 1.53. The summed E-state index contributed by atoms with van der Waals surface area (Å²) < 4.78 is 29.1. The fourth-order valence-electron chi connectivity index (χ4n) is 3.79. The topological polar surface area (TPSA) is 59.4 Å². The van der Waals surface area contributed by atoms with E-state index in [1.165, 1.54) is 0 Å². The lowest BCUT2D eigenvalue weighted by molar-refractivity contribution is 0.186. The Hall–Kier alpha value is -1.92. The number of sulfonamides is 1. The number of hydrogen-bond acceptors (Lipinski definition) is 3. The van der Waals surface area contributed by atoms with Gasteiger partial charge in [0.15, 0.2) is 0 Å². The number of fused-ring (bicyclic) bond motifs is 4. The molecule has 2 atom stereocenters. The molecule has 0 aliphatic carbocycles. The van der Waals surface area contributed by atoms with Gasteiger partial charge in [-0.25, -0.2) is 8.42 Å². The van der Waals surface area contributed by atoms with E-state index in [1.54, 1.807) is 40.7 Å². The van der Waals surface area contributed by atoms with Crippen LogP contribution in [0.25, 0.3) is 0 Å². The monoisotopic (exact) mass is 330 g/mol. The predicted molar refractivity (Wildman–Crippen MR) is 86.8 cm³/mol. The van der Waals surface area contributed by atoms with Crippen LogP contribution in [-0.4, -0.2) is 30.4 Å². The molecule has 1 aromatic heterocycles. The molecule has 1 aromatic carbocycles. The maximum atomic E-state index is 12.9. The van der Waals surface area contributed by atoms with Gasteiger partial charge < -0.3 is 4.57 Å². The predicted octanol–water partition coefficient (Wildman–Crippen LogP) is 1.66. The van der Waals surface area contributed by atoms with Crippen LogP contribution in [0.1, 0.15) is 18.0 Å². The summed E-state index contributed by atoms with van der Waals surface area (Å²) in [5, 5.41) is 0. The van der Waals surface area contributed by atoms with E-state index in [9.17, 15) is 13.2 Å². The Morgan fingerprint density at radius 1 is 0.913 bits per heavy atom. The van der Waals surface area contributed by atoms with Crippen LogP contribution >= 0.6 is 0 Å². The highest BCUT2D eigenvalue weighted by molar-refractivity contribution is 7.89. The molecule has 4 rings (SSSR count). The second-order valence-electron chi connectivity index (χ2n) is 6.33. The number of pyridine rings is 1. The zero-order valence-electron chi connectivity index (χ0n) is 12.6. The largest absolute Gasteiger partial charge is 0.312 e. The summed E-state index contributed by atoms with van der Waals surface area (Å²) in [5.41, 5.74) is 0.971. The quantitative estimate of drug-likeness (QED) is 0.841. The molecule has 1 fully saturated rings. The van der Waals surface area contributed by atoms with Crippen molar-refractivity contribution in [2.24, 2.45) is 5.92 Å². The first kappa shape index (κ1) is 14.7. The number of aromatic nitrogens is 1. The van der Waals surface area contributed by atoms with Crippen LogP contribution in [0.3, 0.4) is 0 Å². The van der Waals surface area contributed by atoms with E-state index >= 15 is 0 Å². The van der Waals surface area contributed by atoms with Gasteiger partial charge in [-0.2, -0.15) is 4.31 Å². The van der Waals surface area contributed by atoms with E-state index in [-0.39, 0.29) is 17.4 Å². The summed E-state index contributed by atoms with van der Waals surface area (Å²) >= 11 is 0. The molecular formula is C17H18N2O3S. The lowest BCUT2D eigenvalue weighted by Crippen LogP contribution is -2.48. The van der Waals surface area contributed by atoms with E-state index in [0.717, 1.165) is 12.1 Å². The van der Waals surface area contributed by atoms with Crippen LogP contribution in [0.15, 0.2) is 58.2 Å². The SMILES string of the molecule is O=c1cccc2n1C[C@H]1C[C@@H]2CN(S(=O)(=O)c2ccccc2)C1. The highest BCUT2D eigenvalue weighted by Gasteiger charge is 2.39. The van der Waals surface area contributed by atoms with Gasteiger partial charge >= 0.3 is 0 Å². The summed E-state index contributed by atoms with van der Waals surface area (Å²) in [6, 6.07) is 13.9. The Morgan fingerprint density at radius 2 is 1.70 bits per heavy atom. The molecule has 2 aliphatic rings. The molecule has 0 unspecified atom stereocenters. The zero-order valence-corrected chi connectivity index (χ0v) is 13.4. The van der Waals surface area contributed by atoms with E-state index < -0.39 is 10.0 Å². The summed E-state index contributed by atoms with van der Waals surface area (Å²) in [6.07, 6.45) is 0.949. The van der Waals surface area contributed by atoms with Crippen LogP contribution < -0.4 is 5.56 Å². The Kier molecular flexibility index (Phi) is 3.39. The van der Waals surface area contributed by atoms with E-state index in [2.05, 4.69) is 0 Å². The number of hydrogen-bond donors (Lipinski definition) is 0. The van der Waals surface area contributed by atoms with Crippen LogP contribution in [-0.2, 0) is 16.6 Å². The highest BCUT2D eigenvalue weighted by atomic mass is 32.2. The van der Waals surface area contributed by atoms with Crippen LogP contribution in [0.5, 0.6) is 0 Å². The second-order valence-corrected chi connectivity index (χ2v) is 8.27. The molecule has 0 amide bonds. The van der Waals surface area contributed by atoms with Crippen molar-refractivity contribution in [3.8, 4) is 0 Å². The van der Waals surface area contributed by atoms with Gasteiger partial charge in [0.1, 0.15) is 0 Å². The van der Waals surface area contributed by atoms with Crippen molar-refractivity contribution in [1.29, 1.82) is 0 Å². The molecule has 23 heavy (non-hydrogen) atoms. The molecule has 2 bridgehead atoms. The molecule has 0 radical (unpaired) electrons. The van der Waals surface area contributed by atoms with E-state index in [4.69, 9.17) is 0 Å². The van der Waals surface area contributed by atoms with Gasteiger partial charge in [-0.15, -0.1) is 0 Å². The Morgan fingerprint density at radius 3 is 2.48 bits per heavy atom. The van der Waals surface area contributed by atoms with Gasteiger partial charge in [-0.05, 0) is 30.5 Å². The van der Waals surface area contributed by atoms with Crippen LogP contribution in [0, 0.1) is 5.92 Å². The molecule has 0 N–H and O–H groups in total. The molecule has 1 saturated heterocycles. The Bertz CT molecular complexity index is 890. The van der Waals surface area contributed by atoms with Crippen LogP contribution in [0.2, 0.25) is 0 Å². The van der Waals surface area contributed by atoms with Crippen LogP contribution in [0.4, 0.5) is 0 Å². The molecule has 0 spiro atoms. The van der Waals surface area contributed by atoms with E-state index in [0.29, 0.717) is 24.5 Å². The van der Waals surface area contributed by atoms with Crippen molar-refractivity contribution in [1.82, 2.24) is 8.87 Å². The van der Waals surface area contributed by atoms with Gasteiger partial charge in [0, 0.05) is 37.3 Å². The number of benzene rings is 1. The second kappa shape index (κ2) is 5.32. The van der Waals surface area contributed by atoms with E-state index in [1.807, 2.05) is 16.7 Å². The molecule has 2 aromatic rings. The summed E-state index contributed by atoms with van der Waals surface area (Å²) in [7, 11) is -3.47. The van der Waals surface area contributed by atoms with Gasteiger partial charge in [-0.1, -0.05) is 24.3 Å². The lowest BCUT2D eigenvalue weighted by Gasteiger charge is -2.42. The number of rotatable bonds is 2. The van der Waals surface area contributed by atoms with Gasteiger partial charge in [0.25, 0.3) is 5.56 Å². The molecule has 5 nitrogen and oxygen atoms in total. The standard InChI is InChI=1S/C17H18N2O3S/c20-17-8-4-7-16-14-9-13(11-19(16)17)10-18(12-14)23(21,22)15-5-2-1-3-6-15/h1-8,13-14H,9-12H2/t13-,14+/m0/s1. The van der Waals surface area contributed by atoms with Gasteiger partial charge in [0.2, 0.25) is 10.0 Å². The Labute approximate surface area is 135 Å². The minimum atomic E-state index is -3.47. The normalized spacial score (nSPS) is 24.2. The molecule has 120 valence electrons. The first-order chi connectivity index (χ1) is 11.1. The lowest BCUT2D eigenvalue weighted by atomic mass is 9.84. The summed E-state index contributed by atoms with van der Waals surface area (Å²) in [4.78, 5) is 12.4. The van der Waals surface area contributed by atoms with Crippen molar-refractivity contribution < 1.29 is 8.42 Å². The first-order valence-corrected chi connectivity index (χ1v) is 9.24. The molecule has 3 heterocycles. The van der Waals surface area contributed by atoms with Gasteiger partial charge in [-0.3, -0.25) is 4.79 Å². The average molecular weight is 330 g/mol. The fraction of sp³-hybridized carbons (Fsp3) is 0.353. The molecule has 0 saturated carbocycles. The summed E-state index contributed by atoms with van der Waals surface area (Å²) in [5.74, 6) is 0.287. The zero-order chi connectivity index (χ0) is 16.0. The number of piperidine rings is 1. The first-order valence-electron chi connectivity index (χ1n) is 7.80. The minimum Gasteiger partial charge on any atom is -0.312 e. The average Bonchev–Trinajstić information content (AvgIpc) is 2.56. The highest BCUT2D eigenvalue weighted by Crippen LogP contribution is 2.36. The third kappa shape index (κ3) is 2.42. The molecular weight excluding hydrogens is 312 g/mol. The maximum Gasteiger partial charge on any atom is 0.250 e. The van der Waals surface area contributed by atoms with Crippen molar-refractivity contribution in [3.63, 3.8) is 0 Å². The fourth-order valence-corrected chi connectivity index (χ4v) is 5.37.